The van der Waals surface area contributed by atoms with E-state index in [0.29, 0.717) is 50.7 Å². The van der Waals surface area contributed by atoms with E-state index < -0.39 is 0 Å². The van der Waals surface area contributed by atoms with Gasteiger partial charge >= 0.3 is 0 Å². The Morgan fingerprint density at radius 3 is 1.93 bits per heavy atom. The van der Waals surface area contributed by atoms with Gasteiger partial charge in [-0.1, -0.05) is 42.5 Å². The van der Waals surface area contributed by atoms with Crippen molar-refractivity contribution in [2.45, 2.75) is 13.3 Å². The lowest BCUT2D eigenvalue weighted by Crippen LogP contribution is -2.52. The summed E-state index contributed by atoms with van der Waals surface area (Å²) in [5, 5.41) is 0. The molecule has 148 valence electrons. The van der Waals surface area contributed by atoms with Crippen LogP contribution in [0.5, 0.6) is 11.5 Å². The Hall–Kier alpha value is -3.02. The average molecular weight is 382 g/mol. The number of hydrogen-bond donors (Lipinski definition) is 0. The number of para-hydroxylation sites is 2. The van der Waals surface area contributed by atoms with E-state index in [1.807, 2.05) is 60.4 Å². The second kappa shape index (κ2) is 9.78. The molecule has 1 saturated heterocycles. The first kappa shape index (κ1) is 19.7. The summed E-state index contributed by atoms with van der Waals surface area (Å²) in [6, 6.07) is 17.0. The van der Waals surface area contributed by atoms with Gasteiger partial charge in [-0.25, -0.2) is 0 Å². The highest BCUT2D eigenvalue weighted by molar-refractivity contribution is 5.80. The fourth-order valence-corrected chi connectivity index (χ4v) is 3.16. The van der Waals surface area contributed by atoms with Gasteiger partial charge in [-0.15, -0.1) is 0 Å². The molecule has 6 nitrogen and oxygen atoms in total. The molecule has 0 bridgehead atoms. The van der Waals surface area contributed by atoms with Crippen molar-refractivity contribution in [2.75, 3.05) is 39.4 Å². The molecule has 2 aromatic rings. The summed E-state index contributed by atoms with van der Waals surface area (Å²) in [5.74, 6) is 1.21. The number of carbonyl (C=O) groups excluding carboxylic acids is 2. The normalized spacial score (nSPS) is 13.9. The number of carbonyl (C=O) groups is 2. The lowest BCUT2D eigenvalue weighted by molar-refractivity contribution is -0.140. The Kier molecular flexibility index (Phi) is 6.89. The minimum Gasteiger partial charge on any atom is -0.490 e. The molecule has 1 aliphatic rings. The van der Waals surface area contributed by atoms with Crippen LogP contribution < -0.4 is 9.47 Å². The van der Waals surface area contributed by atoms with E-state index in [9.17, 15) is 9.59 Å². The molecule has 2 aromatic carbocycles. The third kappa shape index (κ3) is 5.25. The van der Waals surface area contributed by atoms with Crippen molar-refractivity contribution in [3.05, 3.63) is 60.2 Å². The van der Waals surface area contributed by atoms with Crippen molar-refractivity contribution < 1.29 is 19.1 Å². The Morgan fingerprint density at radius 2 is 1.32 bits per heavy atom. The lowest BCUT2D eigenvalue weighted by atomic mass is 10.1. The summed E-state index contributed by atoms with van der Waals surface area (Å²) < 4.78 is 11.2. The highest BCUT2D eigenvalue weighted by atomic mass is 16.5. The van der Waals surface area contributed by atoms with Crippen molar-refractivity contribution in [3.8, 4) is 11.5 Å². The standard InChI is InChI=1S/C22H26N2O4/c1-2-27-19-10-6-7-11-20(19)28-17-22(26)24-14-12-23(13-15-24)21(25)16-18-8-4-3-5-9-18/h3-11H,2,12-17H2,1H3. The molecule has 1 fully saturated rings. The highest BCUT2D eigenvalue weighted by Gasteiger charge is 2.24. The molecule has 0 unspecified atom stereocenters. The maximum Gasteiger partial charge on any atom is 0.260 e. The molecule has 2 amide bonds. The van der Waals surface area contributed by atoms with Crippen LogP contribution in [0.1, 0.15) is 12.5 Å². The van der Waals surface area contributed by atoms with E-state index in [4.69, 9.17) is 9.47 Å². The van der Waals surface area contributed by atoms with Crippen LogP contribution in [0.3, 0.4) is 0 Å². The Morgan fingerprint density at radius 1 is 0.786 bits per heavy atom. The van der Waals surface area contributed by atoms with E-state index in [1.165, 1.54) is 0 Å². The smallest absolute Gasteiger partial charge is 0.260 e. The first-order valence-electron chi connectivity index (χ1n) is 9.61. The predicted molar refractivity (Wildman–Crippen MR) is 106 cm³/mol. The van der Waals surface area contributed by atoms with Gasteiger partial charge < -0.3 is 19.3 Å². The number of rotatable bonds is 7. The molecule has 0 aromatic heterocycles. The van der Waals surface area contributed by atoms with Crippen LogP contribution >= 0.6 is 0 Å². The minimum absolute atomic E-state index is 0.0396. The summed E-state index contributed by atoms with van der Waals surface area (Å²) in [7, 11) is 0. The van der Waals surface area contributed by atoms with Crippen molar-refractivity contribution >= 4 is 11.8 Å². The van der Waals surface area contributed by atoms with Crippen LogP contribution in [0, 0.1) is 0 Å². The van der Waals surface area contributed by atoms with Crippen LogP contribution in [0.2, 0.25) is 0 Å². The maximum atomic E-state index is 12.5. The third-order valence-electron chi connectivity index (χ3n) is 4.68. The van der Waals surface area contributed by atoms with Crippen LogP contribution in [0.25, 0.3) is 0 Å². The largest absolute Gasteiger partial charge is 0.490 e. The van der Waals surface area contributed by atoms with Gasteiger partial charge in [-0.05, 0) is 24.6 Å². The topological polar surface area (TPSA) is 59.1 Å². The lowest BCUT2D eigenvalue weighted by Gasteiger charge is -2.34. The molecule has 1 aliphatic heterocycles. The number of ether oxygens (including phenoxy) is 2. The predicted octanol–water partition coefficient (Wildman–Crippen LogP) is 2.38. The fourth-order valence-electron chi connectivity index (χ4n) is 3.16. The average Bonchev–Trinajstić information content (AvgIpc) is 2.74. The summed E-state index contributed by atoms with van der Waals surface area (Å²) >= 11 is 0. The quantitative estimate of drug-likeness (QED) is 0.738. The van der Waals surface area contributed by atoms with Gasteiger partial charge in [0, 0.05) is 26.2 Å². The number of nitrogens with zero attached hydrogens (tertiary/aromatic N) is 2. The van der Waals surface area contributed by atoms with E-state index >= 15 is 0 Å². The molecule has 3 rings (SSSR count). The molecule has 0 spiro atoms. The van der Waals surface area contributed by atoms with Crippen LogP contribution in [0.4, 0.5) is 0 Å². The molecule has 0 saturated carbocycles. The highest BCUT2D eigenvalue weighted by Crippen LogP contribution is 2.26. The Labute approximate surface area is 165 Å². The van der Waals surface area contributed by atoms with Crippen LogP contribution in [0.15, 0.2) is 54.6 Å². The van der Waals surface area contributed by atoms with Crippen LogP contribution in [-0.2, 0) is 16.0 Å². The van der Waals surface area contributed by atoms with Gasteiger partial charge in [0.05, 0.1) is 13.0 Å². The van der Waals surface area contributed by atoms with Crippen molar-refractivity contribution in [3.63, 3.8) is 0 Å². The molecule has 6 heteroatoms. The Balaban J connectivity index is 1.45. The molecule has 1 heterocycles. The number of benzene rings is 2. The monoisotopic (exact) mass is 382 g/mol. The van der Waals surface area contributed by atoms with E-state index in [2.05, 4.69) is 0 Å². The SMILES string of the molecule is CCOc1ccccc1OCC(=O)N1CCN(C(=O)Cc2ccccc2)CC1. The third-order valence-corrected chi connectivity index (χ3v) is 4.68. The second-order valence-corrected chi connectivity index (χ2v) is 6.59. The zero-order valence-electron chi connectivity index (χ0n) is 16.2. The van der Waals surface area contributed by atoms with Gasteiger partial charge in [0.2, 0.25) is 5.91 Å². The van der Waals surface area contributed by atoms with Crippen molar-refractivity contribution in [1.29, 1.82) is 0 Å². The summed E-state index contributed by atoms with van der Waals surface area (Å²) in [6.07, 6.45) is 0.395. The van der Waals surface area contributed by atoms with Gasteiger partial charge in [0.1, 0.15) is 0 Å². The van der Waals surface area contributed by atoms with E-state index in [1.54, 1.807) is 11.0 Å². The van der Waals surface area contributed by atoms with E-state index in [-0.39, 0.29) is 18.4 Å². The van der Waals surface area contributed by atoms with Crippen LogP contribution in [-0.4, -0.2) is 61.0 Å². The molecule has 0 radical (unpaired) electrons. The molecule has 0 atom stereocenters. The minimum atomic E-state index is -0.0820. The molecule has 0 aliphatic carbocycles. The van der Waals surface area contributed by atoms with Gasteiger partial charge in [-0.3, -0.25) is 9.59 Å². The summed E-state index contributed by atoms with van der Waals surface area (Å²) in [5.41, 5.74) is 1.01. The maximum absolute atomic E-state index is 12.5. The molecule has 28 heavy (non-hydrogen) atoms. The molecular formula is C22H26N2O4. The van der Waals surface area contributed by atoms with Gasteiger partial charge in [-0.2, -0.15) is 0 Å². The zero-order chi connectivity index (χ0) is 19.8. The fraction of sp³-hybridized carbons (Fsp3) is 0.364. The summed E-state index contributed by atoms with van der Waals surface area (Å²) in [4.78, 5) is 28.5. The number of amides is 2. The second-order valence-electron chi connectivity index (χ2n) is 6.59. The number of hydrogen-bond acceptors (Lipinski definition) is 4. The number of piperazine rings is 1. The zero-order valence-corrected chi connectivity index (χ0v) is 16.2. The molecular weight excluding hydrogens is 356 g/mol. The van der Waals surface area contributed by atoms with E-state index in [0.717, 1.165) is 5.56 Å². The molecule has 0 N–H and O–H groups in total. The van der Waals surface area contributed by atoms with Gasteiger partial charge in [0.25, 0.3) is 5.91 Å². The van der Waals surface area contributed by atoms with Crippen molar-refractivity contribution in [1.82, 2.24) is 9.80 Å². The van der Waals surface area contributed by atoms with Crippen molar-refractivity contribution in [2.24, 2.45) is 0 Å². The van der Waals surface area contributed by atoms with Gasteiger partial charge in [0.15, 0.2) is 18.1 Å². The summed E-state index contributed by atoms with van der Waals surface area (Å²) in [6.45, 7) is 4.54. The first-order valence-corrected chi connectivity index (χ1v) is 9.61. The Bertz CT molecular complexity index is 786. The first-order chi connectivity index (χ1) is 13.7.